The first-order valence-corrected chi connectivity index (χ1v) is 3.10. The van der Waals surface area contributed by atoms with E-state index < -0.39 is 11.9 Å². The molecule has 3 nitrogen and oxygen atoms in total. The fraction of sp³-hybridized carbons (Fsp3) is 0.500. The van der Waals surface area contributed by atoms with E-state index in [9.17, 15) is 13.2 Å². The molecule has 0 fully saturated rings. The average Bonchev–Trinajstić information content (AvgIpc) is 2.29. The van der Waals surface area contributed by atoms with E-state index in [1.54, 1.807) is 0 Å². The lowest BCUT2D eigenvalue weighted by atomic mass is 10.4. The van der Waals surface area contributed by atoms with Crippen molar-refractivity contribution in [2.24, 2.45) is 7.05 Å². The van der Waals surface area contributed by atoms with E-state index in [1.165, 1.54) is 14.2 Å². The first kappa shape index (κ1) is 8.89. The lowest BCUT2D eigenvalue weighted by Gasteiger charge is -2.04. The Morgan fingerprint density at radius 1 is 1.50 bits per heavy atom. The van der Waals surface area contributed by atoms with Gasteiger partial charge in [0.25, 0.3) is 0 Å². The molecule has 0 aliphatic heterocycles. The number of nitrogens with zero attached hydrogens (tertiary/aromatic N) is 2. The second-order valence-electron chi connectivity index (χ2n) is 2.19. The number of aryl methyl sites for hydroxylation is 1. The quantitative estimate of drug-likeness (QED) is 0.654. The van der Waals surface area contributed by atoms with Gasteiger partial charge in [0, 0.05) is 13.1 Å². The van der Waals surface area contributed by atoms with Crippen LogP contribution < -0.4 is 4.74 Å². The maximum atomic E-state index is 12.1. The van der Waals surface area contributed by atoms with Crippen LogP contribution in [0.1, 0.15) is 5.69 Å². The summed E-state index contributed by atoms with van der Waals surface area (Å²) in [5, 5.41) is 3.47. The van der Waals surface area contributed by atoms with Crippen LogP contribution in [-0.4, -0.2) is 16.9 Å². The molecule has 1 aromatic heterocycles. The van der Waals surface area contributed by atoms with Crippen molar-refractivity contribution in [3.8, 4) is 5.88 Å². The van der Waals surface area contributed by atoms with Crippen LogP contribution in [0.15, 0.2) is 6.07 Å². The SMILES string of the molecule is COc1cc(C(F)(F)F)n(C)n1. The van der Waals surface area contributed by atoms with Crippen LogP contribution in [0.4, 0.5) is 13.2 Å². The Morgan fingerprint density at radius 3 is 2.33 bits per heavy atom. The van der Waals surface area contributed by atoms with Crippen molar-refractivity contribution in [2.75, 3.05) is 7.11 Å². The highest BCUT2D eigenvalue weighted by atomic mass is 19.4. The van der Waals surface area contributed by atoms with Crippen molar-refractivity contribution < 1.29 is 17.9 Å². The highest BCUT2D eigenvalue weighted by Crippen LogP contribution is 2.30. The van der Waals surface area contributed by atoms with Crippen LogP contribution in [0.3, 0.4) is 0 Å². The molecule has 0 N–H and O–H groups in total. The largest absolute Gasteiger partial charge is 0.480 e. The van der Waals surface area contributed by atoms with Crippen molar-refractivity contribution in [2.45, 2.75) is 6.18 Å². The Kier molecular flexibility index (Phi) is 1.99. The summed E-state index contributed by atoms with van der Waals surface area (Å²) in [4.78, 5) is 0. The van der Waals surface area contributed by atoms with Gasteiger partial charge in [-0.1, -0.05) is 0 Å². The predicted molar refractivity (Wildman–Crippen MR) is 34.8 cm³/mol. The monoisotopic (exact) mass is 180 g/mol. The number of alkyl halides is 3. The van der Waals surface area contributed by atoms with Crippen LogP contribution in [0.5, 0.6) is 5.88 Å². The minimum absolute atomic E-state index is 0.0372. The smallest absolute Gasteiger partial charge is 0.433 e. The number of hydrogen-bond acceptors (Lipinski definition) is 2. The number of aromatic nitrogens is 2. The third-order valence-electron chi connectivity index (χ3n) is 1.36. The summed E-state index contributed by atoms with van der Waals surface area (Å²) in [5.41, 5.74) is -0.820. The van der Waals surface area contributed by atoms with Gasteiger partial charge in [-0.3, -0.25) is 4.68 Å². The fourth-order valence-electron chi connectivity index (χ4n) is 0.806. The van der Waals surface area contributed by atoms with Gasteiger partial charge in [0.2, 0.25) is 5.88 Å². The Balaban J connectivity index is 3.08. The molecule has 1 heterocycles. The zero-order chi connectivity index (χ0) is 9.35. The third-order valence-corrected chi connectivity index (χ3v) is 1.36. The first-order chi connectivity index (χ1) is 5.45. The summed E-state index contributed by atoms with van der Waals surface area (Å²) in [6.07, 6.45) is -4.38. The van der Waals surface area contributed by atoms with Crippen LogP contribution in [-0.2, 0) is 13.2 Å². The molecule has 0 saturated carbocycles. The zero-order valence-corrected chi connectivity index (χ0v) is 6.51. The molecule has 1 rings (SSSR count). The van der Waals surface area contributed by atoms with Crippen molar-refractivity contribution in [1.29, 1.82) is 0 Å². The fourth-order valence-corrected chi connectivity index (χ4v) is 0.806. The summed E-state index contributed by atoms with van der Waals surface area (Å²) in [5.74, 6) is -0.0372. The molecule has 12 heavy (non-hydrogen) atoms. The summed E-state index contributed by atoms with van der Waals surface area (Å²) in [6, 6.07) is 0.847. The van der Waals surface area contributed by atoms with E-state index in [-0.39, 0.29) is 5.88 Å². The van der Waals surface area contributed by atoms with Gasteiger partial charge in [0.05, 0.1) is 7.11 Å². The van der Waals surface area contributed by atoms with Gasteiger partial charge in [0.15, 0.2) is 0 Å². The Labute approximate surface area is 66.7 Å². The molecule has 6 heteroatoms. The molecule has 0 amide bonds. The molecule has 0 aliphatic carbocycles. The maximum absolute atomic E-state index is 12.1. The van der Waals surface area contributed by atoms with Crippen LogP contribution in [0.25, 0.3) is 0 Å². The van der Waals surface area contributed by atoms with Crippen LogP contribution >= 0.6 is 0 Å². The van der Waals surface area contributed by atoms with E-state index in [0.29, 0.717) is 0 Å². The van der Waals surface area contributed by atoms with Gasteiger partial charge in [-0.15, -0.1) is 5.10 Å². The molecular formula is C6H7F3N2O. The van der Waals surface area contributed by atoms with Crippen molar-refractivity contribution in [3.05, 3.63) is 11.8 Å². The minimum atomic E-state index is -4.38. The highest BCUT2D eigenvalue weighted by Gasteiger charge is 2.35. The van der Waals surface area contributed by atoms with Crippen LogP contribution in [0, 0.1) is 0 Å². The lowest BCUT2D eigenvalue weighted by molar-refractivity contribution is -0.143. The van der Waals surface area contributed by atoms with Gasteiger partial charge >= 0.3 is 6.18 Å². The van der Waals surface area contributed by atoms with E-state index >= 15 is 0 Å². The molecular weight excluding hydrogens is 173 g/mol. The Bertz CT molecular complexity index is 279. The number of hydrogen-bond donors (Lipinski definition) is 0. The number of rotatable bonds is 1. The van der Waals surface area contributed by atoms with Gasteiger partial charge in [-0.05, 0) is 0 Å². The minimum Gasteiger partial charge on any atom is -0.480 e. The second kappa shape index (κ2) is 2.69. The zero-order valence-electron chi connectivity index (χ0n) is 6.51. The van der Waals surface area contributed by atoms with E-state index in [0.717, 1.165) is 10.7 Å². The Hall–Kier alpha value is -1.20. The van der Waals surface area contributed by atoms with Gasteiger partial charge < -0.3 is 4.74 Å². The Morgan fingerprint density at radius 2 is 2.08 bits per heavy atom. The van der Waals surface area contributed by atoms with E-state index in [4.69, 9.17) is 0 Å². The van der Waals surface area contributed by atoms with Crippen molar-refractivity contribution in [1.82, 2.24) is 9.78 Å². The molecule has 1 aromatic rings. The van der Waals surface area contributed by atoms with E-state index in [2.05, 4.69) is 9.84 Å². The molecule has 68 valence electrons. The highest BCUT2D eigenvalue weighted by molar-refractivity contribution is 5.17. The van der Waals surface area contributed by atoms with Crippen molar-refractivity contribution in [3.63, 3.8) is 0 Å². The summed E-state index contributed by atoms with van der Waals surface area (Å²) >= 11 is 0. The number of halogens is 3. The second-order valence-corrected chi connectivity index (χ2v) is 2.19. The lowest BCUT2D eigenvalue weighted by Crippen LogP contribution is -2.11. The summed E-state index contributed by atoms with van der Waals surface area (Å²) in [6.45, 7) is 0. The standard InChI is InChI=1S/C6H7F3N2O/c1-11-4(6(7,8)9)3-5(10-11)12-2/h3H,1-2H3. The van der Waals surface area contributed by atoms with Crippen molar-refractivity contribution >= 4 is 0 Å². The van der Waals surface area contributed by atoms with Crippen LogP contribution in [0.2, 0.25) is 0 Å². The normalized spacial score (nSPS) is 11.8. The summed E-state index contributed by atoms with van der Waals surface area (Å²) in [7, 11) is 2.48. The van der Waals surface area contributed by atoms with E-state index in [1.807, 2.05) is 0 Å². The first-order valence-electron chi connectivity index (χ1n) is 3.10. The predicted octanol–water partition coefficient (Wildman–Crippen LogP) is 1.45. The molecule has 0 bridgehead atoms. The topological polar surface area (TPSA) is 27.1 Å². The molecule has 0 radical (unpaired) electrons. The van der Waals surface area contributed by atoms with Gasteiger partial charge in [-0.2, -0.15) is 13.2 Å². The van der Waals surface area contributed by atoms with Gasteiger partial charge in [0.1, 0.15) is 5.69 Å². The molecule has 0 atom stereocenters. The molecule has 0 unspecified atom stereocenters. The summed E-state index contributed by atoms with van der Waals surface area (Å²) < 4.78 is 41.5. The third kappa shape index (κ3) is 1.51. The molecule has 0 aliphatic rings. The van der Waals surface area contributed by atoms with Gasteiger partial charge in [-0.25, -0.2) is 0 Å². The average molecular weight is 180 g/mol. The number of methoxy groups -OCH3 is 1. The maximum Gasteiger partial charge on any atom is 0.433 e. The molecule has 0 spiro atoms. The molecule has 0 saturated heterocycles. The number of ether oxygens (including phenoxy) is 1. The molecule has 0 aromatic carbocycles.